The van der Waals surface area contributed by atoms with E-state index in [4.69, 9.17) is 9.26 Å². The van der Waals surface area contributed by atoms with Crippen molar-refractivity contribution >= 4 is 5.91 Å². The van der Waals surface area contributed by atoms with E-state index in [-0.39, 0.29) is 19.1 Å². The molecule has 2 rings (SSSR count). The van der Waals surface area contributed by atoms with E-state index in [2.05, 4.69) is 17.4 Å². The van der Waals surface area contributed by atoms with Crippen LogP contribution in [0.4, 0.5) is 0 Å². The summed E-state index contributed by atoms with van der Waals surface area (Å²) in [5, 5.41) is 16.7. The minimum Gasteiger partial charge on any atom is -0.465 e. The number of aryl methyl sites for hydroxylation is 1. The van der Waals surface area contributed by atoms with Gasteiger partial charge in [-0.05, 0) is 43.7 Å². The highest BCUT2D eigenvalue weighted by Crippen LogP contribution is 2.31. The molecule has 6 heteroatoms. The molecule has 1 aromatic heterocycles. The molecular formula is C14H22N2O4. The average molecular weight is 282 g/mol. The molecule has 1 saturated carbocycles. The van der Waals surface area contributed by atoms with Gasteiger partial charge >= 0.3 is 0 Å². The molecule has 6 nitrogen and oxygen atoms in total. The number of carbonyl (C=O) groups is 1. The number of nitrogens with one attached hydrogen (secondary N) is 1. The minimum absolute atomic E-state index is 0.127. The number of rotatable bonds is 5. The molecule has 0 aliphatic heterocycles. The largest absolute Gasteiger partial charge is 0.465 e. The smallest absolute Gasteiger partial charge is 0.258 e. The third-order valence-electron chi connectivity index (χ3n) is 3.78. The molecule has 1 aliphatic carbocycles. The normalized spacial score (nSPS) is 26.2. The van der Waals surface area contributed by atoms with E-state index in [9.17, 15) is 9.90 Å². The van der Waals surface area contributed by atoms with Gasteiger partial charge in [0.15, 0.2) is 6.61 Å². The standard InChI is InChI=1S/C14H22N2O4/c1-10-3-5-14(18,6-4-10)9-15-12(17)8-19-13-7-11(2)20-16-13/h7,10,18H,3-6,8-9H2,1-2H3,(H,15,17). The summed E-state index contributed by atoms with van der Waals surface area (Å²) in [6, 6.07) is 1.61. The van der Waals surface area contributed by atoms with Crippen molar-refractivity contribution < 1.29 is 19.2 Å². The molecule has 1 aromatic rings. The fraction of sp³-hybridized carbons (Fsp3) is 0.714. The van der Waals surface area contributed by atoms with Crippen molar-refractivity contribution in [2.75, 3.05) is 13.2 Å². The van der Waals surface area contributed by atoms with Crippen molar-refractivity contribution in [3.8, 4) is 5.88 Å². The second-order valence-corrected chi connectivity index (χ2v) is 5.75. The highest BCUT2D eigenvalue weighted by molar-refractivity contribution is 5.77. The van der Waals surface area contributed by atoms with Gasteiger partial charge in [0.25, 0.3) is 11.8 Å². The van der Waals surface area contributed by atoms with Crippen LogP contribution in [0, 0.1) is 12.8 Å². The second kappa shape index (κ2) is 6.26. The van der Waals surface area contributed by atoms with Gasteiger partial charge in [-0.3, -0.25) is 4.79 Å². The molecule has 2 N–H and O–H groups in total. The van der Waals surface area contributed by atoms with Crippen molar-refractivity contribution in [3.05, 3.63) is 11.8 Å². The van der Waals surface area contributed by atoms with Crippen LogP contribution in [0.15, 0.2) is 10.6 Å². The Morgan fingerprint density at radius 2 is 2.30 bits per heavy atom. The monoisotopic (exact) mass is 282 g/mol. The molecular weight excluding hydrogens is 260 g/mol. The number of hydrogen-bond donors (Lipinski definition) is 2. The molecule has 0 radical (unpaired) electrons. The predicted octanol–water partition coefficient (Wildman–Crippen LogP) is 1.42. The van der Waals surface area contributed by atoms with Crippen molar-refractivity contribution in [1.82, 2.24) is 10.5 Å². The van der Waals surface area contributed by atoms with Crippen LogP contribution in [0.1, 0.15) is 38.4 Å². The molecule has 0 spiro atoms. The molecule has 0 unspecified atom stereocenters. The Bertz CT molecular complexity index is 450. The predicted molar refractivity (Wildman–Crippen MR) is 72.3 cm³/mol. The van der Waals surface area contributed by atoms with Crippen molar-refractivity contribution in [2.45, 2.75) is 45.1 Å². The van der Waals surface area contributed by atoms with Crippen molar-refractivity contribution in [1.29, 1.82) is 0 Å². The Kier molecular flexibility index (Phi) is 4.65. The number of ether oxygens (including phenoxy) is 1. The van der Waals surface area contributed by atoms with Gasteiger partial charge in [-0.2, -0.15) is 0 Å². The first-order chi connectivity index (χ1) is 9.47. The average Bonchev–Trinajstić information content (AvgIpc) is 2.84. The first-order valence-electron chi connectivity index (χ1n) is 7.02. The molecule has 0 aromatic carbocycles. The maximum atomic E-state index is 11.7. The first kappa shape index (κ1) is 14.8. The SMILES string of the molecule is Cc1cc(OCC(=O)NCC2(O)CCC(C)CC2)no1. The highest BCUT2D eigenvalue weighted by Gasteiger charge is 2.31. The maximum Gasteiger partial charge on any atom is 0.258 e. The highest BCUT2D eigenvalue weighted by atomic mass is 16.5. The van der Waals surface area contributed by atoms with Crippen LogP contribution < -0.4 is 10.1 Å². The molecule has 1 fully saturated rings. The van der Waals surface area contributed by atoms with Crippen LogP contribution in [0.25, 0.3) is 0 Å². The molecule has 0 bridgehead atoms. The summed E-state index contributed by atoms with van der Waals surface area (Å²) < 4.78 is 10.0. The molecule has 1 amide bonds. The van der Waals surface area contributed by atoms with Crippen molar-refractivity contribution in [3.63, 3.8) is 0 Å². The van der Waals surface area contributed by atoms with Crippen LogP contribution in [0.2, 0.25) is 0 Å². The molecule has 20 heavy (non-hydrogen) atoms. The second-order valence-electron chi connectivity index (χ2n) is 5.75. The van der Waals surface area contributed by atoms with E-state index in [1.54, 1.807) is 13.0 Å². The Morgan fingerprint density at radius 1 is 1.60 bits per heavy atom. The molecule has 0 atom stereocenters. The van der Waals surface area contributed by atoms with Crippen LogP contribution in [0.3, 0.4) is 0 Å². The molecule has 1 heterocycles. The Balaban J connectivity index is 1.69. The molecule has 0 saturated heterocycles. The number of hydrogen-bond acceptors (Lipinski definition) is 5. The van der Waals surface area contributed by atoms with Gasteiger partial charge < -0.3 is 19.7 Å². The maximum absolute atomic E-state index is 11.7. The zero-order chi connectivity index (χ0) is 14.6. The summed E-state index contributed by atoms with van der Waals surface area (Å²) in [5.41, 5.74) is -0.771. The van der Waals surface area contributed by atoms with Gasteiger partial charge in [-0.1, -0.05) is 6.92 Å². The number of carbonyl (C=O) groups excluding carboxylic acids is 1. The first-order valence-corrected chi connectivity index (χ1v) is 7.02. The fourth-order valence-electron chi connectivity index (χ4n) is 2.34. The van der Waals surface area contributed by atoms with Crippen LogP contribution in [-0.4, -0.2) is 34.9 Å². The van der Waals surface area contributed by atoms with Crippen molar-refractivity contribution in [2.24, 2.45) is 5.92 Å². The lowest BCUT2D eigenvalue weighted by Gasteiger charge is -2.34. The summed E-state index contributed by atoms with van der Waals surface area (Å²) in [6.07, 6.45) is 3.47. The Morgan fingerprint density at radius 3 is 2.90 bits per heavy atom. The number of amides is 1. The van der Waals surface area contributed by atoms with Gasteiger partial charge in [-0.25, -0.2) is 0 Å². The summed E-state index contributed by atoms with van der Waals surface area (Å²) in [7, 11) is 0. The number of nitrogens with zero attached hydrogens (tertiary/aromatic N) is 1. The quantitative estimate of drug-likeness (QED) is 0.853. The van der Waals surface area contributed by atoms with Crippen LogP contribution in [-0.2, 0) is 4.79 Å². The van der Waals surface area contributed by atoms with E-state index in [1.807, 2.05) is 0 Å². The van der Waals surface area contributed by atoms with Gasteiger partial charge in [-0.15, -0.1) is 0 Å². The molecule has 1 aliphatic rings. The van der Waals surface area contributed by atoms with E-state index in [0.29, 0.717) is 17.6 Å². The third kappa shape index (κ3) is 4.23. The van der Waals surface area contributed by atoms with E-state index in [0.717, 1.165) is 25.7 Å². The van der Waals surface area contributed by atoms with E-state index < -0.39 is 5.60 Å². The number of aromatic nitrogens is 1. The van der Waals surface area contributed by atoms with Crippen LogP contribution in [0.5, 0.6) is 5.88 Å². The van der Waals surface area contributed by atoms with Gasteiger partial charge in [0, 0.05) is 12.6 Å². The van der Waals surface area contributed by atoms with Gasteiger partial charge in [0.2, 0.25) is 0 Å². The van der Waals surface area contributed by atoms with E-state index in [1.165, 1.54) is 0 Å². The van der Waals surface area contributed by atoms with Gasteiger partial charge in [0.1, 0.15) is 5.76 Å². The summed E-state index contributed by atoms with van der Waals surface area (Å²) in [5.74, 6) is 1.32. The zero-order valence-electron chi connectivity index (χ0n) is 12.0. The van der Waals surface area contributed by atoms with Crippen LogP contribution >= 0.6 is 0 Å². The number of aliphatic hydroxyl groups is 1. The minimum atomic E-state index is -0.771. The zero-order valence-corrected chi connectivity index (χ0v) is 12.0. The fourth-order valence-corrected chi connectivity index (χ4v) is 2.34. The van der Waals surface area contributed by atoms with E-state index >= 15 is 0 Å². The summed E-state index contributed by atoms with van der Waals surface area (Å²) >= 11 is 0. The third-order valence-corrected chi connectivity index (χ3v) is 3.78. The topological polar surface area (TPSA) is 84.6 Å². The Hall–Kier alpha value is -1.56. The Labute approximate surface area is 118 Å². The summed E-state index contributed by atoms with van der Waals surface area (Å²) in [6.45, 7) is 4.09. The van der Waals surface area contributed by atoms with Gasteiger partial charge in [0.05, 0.1) is 5.60 Å². The lowest BCUT2D eigenvalue weighted by atomic mass is 9.79. The lowest BCUT2D eigenvalue weighted by Crippen LogP contribution is -2.46. The summed E-state index contributed by atoms with van der Waals surface area (Å²) in [4.78, 5) is 11.7. The lowest BCUT2D eigenvalue weighted by molar-refractivity contribution is -0.124. The molecule has 112 valence electrons.